The largest absolute Gasteiger partial charge is 0.494 e. The molecule has 1 saturated carbocycles. The number of ether oxygens (including phenoxy) is 1. The monoisotopic (exact) mass is 673 g/mol. The van der Waals surface area contributed by atoms with E-state index in [4.69, 9.17) is 20.8 Å². The van der Waals surface area contributed by atoms with Gasteiger partial charge in [-0.2, -0.15) is 5.10 Å². The van der Waals surface area contributed by atoms with Crippen LogP contribution in [-0.4, -0.2) is 57.2 Å². The fourth-order valence-electron chi connectivity index (χ4n) is 7.40. The average Bonchev–Trinajstić information content (AvgIpc) is 3.62. The molecule has 1 N–H and O–H groups in total. The van der Waals surface area contributed by atoms with Crippen LogP contribution in [0.3, 0.4) is 0 Å². The van der Waals surface area contributed by atoms with Crippen molar-refractivity contribution in [3.05, 3.63) is 87.8 Å². The number of nitrogens with zero attached hydrogens (tertiary/aromatic N) is 4. The lowest BCUT2D eigenvalue weighted by Crippen LogP contribution is -2.54. The van der Waals surface area contributed by atoms with Crippen molar-refractivity contribution < 1.29 is 18.7 Å². The third-order valence-corrected chi connectivity index (χ3v) is 10.4. The van der Waals surface area contributed by atoms with E-state index < -0.39 is 11.9 Å². The molecule has 2 amide bonds. The number of unbranched alkanes of at least 4 members (excludes halogenated alkanes) is 1. The molecule has 2 aliphatic rings. The van der Waals surface area contributed by atoms with Crippen molar-refractivity contribution >= 4 is 34.4 Å². The quantitative estimate of drug-likeness (QED) is 0.172. The Morgan fingerprint density at radius 2 is 1.85 bits per heavy atom. The lowest BCUT2D eigenvalue weighted by Gasteiger charge is -2.48. The maximum absolute atomic E-state index is 14.2. The minimum atomic E-state index is -0.869. The van der Waals surface area contributed by atoms with Crippen molar-refractivity contribution in [1.82, 2.24) is 25.0 Å². The Morgan fingerprint density at radius 3 is 2.56 bits per heavy atom. The number of carbonyl (C=O) groups excluding carboxylic acids is 2. The van der Waals surface area contributed by atoms with Crippen molar-refractivity contribution in [2.75, 3.05) is 19.7 Å². The van der Waals surface area contributed by atoms with Crippen LogP contribution in [0.25, 0.3) is 11.0 Å². The zero-order valence-corrected chi connectivity index (χ0v) is 28.3. The van der Waals surface area contributed by atoms with E-state index in [1.807, 2.05) is 21.7 Å². The number of halogens is 1. The Morgan fingerprint density at radius 1 is 1.08 bits per heavy atom. The summed E-state index contributed by atoms with van der Waals surface area (Å²) in [5.74, 6) is 0.220. The predicted molar refractivity (Wildman–Crippen MR) is 184 cm³/mol. The second-order valence-electron chi connectivity index (χ2n) is 13.3. The summed E-state index contributed by atoms with van der Waals surface area (Å²) < 4.78 is 13.6. The number of nitrogens with one attached hydrogen (secondary N) is 1. The first kappa shape index (κ1) is 33.7. The summed E-state index contributed by atoms with van der Waals surface area (Å²) >= 11 is 6.14. The van der Waals surface area contributed by atoms with E-state index in [1.165, 1.54) is 38.2 Å². The number of aromatic nitrogens is 3. The molecule has 3 heterocycles. The third-order valence-electron chi connectivity index (χ3n) is 10.1. The standard InChI is InChI=1S/C37H44ClN5O5/c1-2-3-19-47-29-13-14-33-30(21-29)32(44)22-34(48-33)35(45)41-31(20-26-9-11-28(38)12-10-26)36(46)42-17-15-37(16-18-42,23-43-25-39-24-40-43)27-7-5-4-6-8-27/h9-14,21-22,24-25,27,31H,2-8,15-20,23H2,1H3,(H,41,45)/t31-/m1/s1. The summed E-state index contributed by atoms with van der Waals surface area (Å²) in [4.78, 5) is 47.0. The number of carbonyl (C=O) groups is 2. The van der Waals surface area contributed by atoms with Gasteiger partial charge in [0.1, 0.15) is 30.0 Å². The fourth-order valence-corrected chi connectivity index (χ4v) is 7.52. The highest BCUT2D eigenvalue weighted by molar-refractivity contribution is 6.30. The number of piperidine rings is 1. The minimum Gasteiger partial charge on any atom is -0.494 e. The molecule has 1 aliphatic carbocycles. The molecule has 0 unspecified atom stereocenters. The Bertz CT molecular complexity index is 1740. The van der Waals surface area contributed by atoms with E-state index in [1.54, 1.807) is 43.0 Å². The van der Waals surface area contributed by atoms with Crippen molar-refractivity contribution in [3.63, 3.8) is 0 Å². The van der Waals surface area contributed by atoms with Gasteiger partial charge in [0.2, 0.25) is 5.91 Å². The number of benzene rings is 2. The molecule has 4 aromatic rings. The first-order valence-corrected chi connectivity index (χ1v) is 17.6. The summed E-state index contributed by atoms with van der Waals surface area (Å²) in [5, 5.41) is 8.25. The van der Waals surface area contributed by atoms with Gasteiger partial charge in [0.15, 0.2) is 11.2 Å². The molecule has 2 aromatic heterocycles. The van der Waals surface area contributed by atoms with Gasteiger partial charge >= 0.3 is 0 Å². The summed E-state index contributed by atoms with van der Waals surface area (Å²) in [6, 6.07) is 12.6. The second kappa shape index (κ2) is 15.4. The lowest BCUT2D eigenvalue weighted by atomic mass is 9.63. The number of likely N-dealkylation sites (tertiary alicyclic amines) is 1. The van der Waals surface area contributed by atoms with Gasteiger partial charge in [-0.3, -0.25) is 19.1 Å². The molecule has 0 bridgehead atoms. The van der Waals surface area contributed by atoms with Crippen LogP contribution in [-0.2, 0) is 17.8 Å². The van der Waals surface area contributed by atoms with E-state index >= 15 is 0 Å². The van der Waals surface area contributed by atoms with Gasteiger partial charge in [-0.05, 0) is 79.3 Å². The normalized spacial score (nSPS) is 17.2. The van der Waals surface area contributed by atoms with E-state index in [2.05, 4.69) is 22.3 Å². The highest BCUT2D eigenvalue weighted by Crippen LogP contribution is 2.47. The van der Waals surface area contributed by atoms with Gasteiger partial charge in [0, 0.05) is 37.1 Å². The summed E-state index contributed by atoms with van der Waals surface area (Å²) in [7, 11) is 0. The van der Waals surface area contributed by atoms with Crippen LogP contribution < -0.4 is 15.5 Å². The number of hydrogen-bond donors (Lipinski definition) is 1. The molecule has 0 radical (unpaired) electrons. The topological polar surface area (TPSA) is 120 Å². The van der Waals surface area contributed by atoms with Crippen molar-refractivity contribution in [2.45, 2.75) is 83.7 Å². The highest BCUT2D eigenvalue weighted by Gasteiger charge is 2.44. The summed E-state index contributed by atoms with van der Waals surface area (Å²) in [6.45, 7) is 4.60. The maximum Gasteiger partial charge on any atom is 0.287 e. The molecule has 10 nitrogen and oxygen atoms in total. The van der Waals surface area contributed by atoms with Gasteiger partial charge in [-0.25, -0.2) is 4.98 Å². The average molecular weight is 674 g/mol. The van der Waals surface area contributed by atoms with Crippen molar-refractivity contribution in [3.8, 4) is 5.75 Å². The van der Waals surface area contributed by atoms with E-state index in [9.17, 15) is 14.4 Å². The predicted octanol–water partition coefficient (Wildman–Crippen LogP) is 6.45. The van der Waals surface area contributed by atoms with Crippen molar-refractivity contribution in [2.24, 2.45) is 11.3 Å². The van der Waals surface area contributed by atoms with E-state index in [0.717, 1.165) is 37.8 Å². The molecule has 2 fully saturated rings. The smallest absolute Gasteiger partial charge is 0.287 e. The molecule has 1 saturated heterocycles. The van der Waals surface area contributed by atoms with Crippen LogP contribution in [0.1, 0.15) is 80.8 Å². The maximum atomic E-state index is 14.2. The lowest BCUT2D eigenvalue weighted by molar-refractivity contribution is -0.136. The van der Waals surface area contributed by atoms with Gasteiger partial charge in [0.05, 0.1) is 12.0 Å². The first-order valence-electron chi connectivity index (χ1n) is 17.2. The molecule has 48 heavy (non-hydrogen) atoms. The summed E-state index contributed by atoms with van der Waals surface area (Å²) in [5.41, 5.74) is 0.812. The van der Waals surface area contributed by atoms with Crippen LogP contribution >= 0.6 is 11.6 Å². The van der Waals surface area contributed by atoms with Gasteiger partial charge < -0.3 is 19.4 Å². The third kappa shape index (κ3) is 7.92. The van der Waals surface area contributed by atoms with Crippen LogP contribution in [0.5, 0.6) is 5.75 Å². The Kier molecular flexibility index (Phi) is 10.8. The Hall–Kier alpha value is -4.18. The van der Waals surface area contributed by atoms with Gasteiger partial charge in [-0.15, -0.1) is 0 Å². The fraction of sp³-hybridized carbons (Fsp3) is 0.486. The zero-order chi connectivity index (χ0) is 33.5. The minimum absolute atomic E-state index is 0.0369. The van der Waals surface area contributed by atoms with E-state index in [-0.39, 0.29) is 34.5 Å². The van der Waals surface area contributed by atoms with Gasteiger partial charge in [0.25, 0.3) is 5.91 Å². The van der Waals surface area contributed by atoms with E-state index in [0.29, 0.717) is 41.8 Å². The zero-order valence-electron chi connectivity index (χ0n) is 27.5. The first-order chi connectivity index (χ1) is 23.3. The molecule has 0 spiro atoms. The molecular formula is C37H44ClN5O5. The highest BCUT2D eigenvalue weighted by atomic mass is 35.5. The van der Waals surface area contributed by atoms with Crippen molar-refractivity contribution in [1.29, 1.82) is 0 Å². The van der Waals surface area contributed by atoms with Gasteiger partial charge in [-0.1, -0.05) is 56.3 Å². The Labute approximate surface area is 285 Å². The van der Waals surface area contributed by atoms with Crippen LogP contribution in [0.4, 0.5) is 0 Å². The molecule has 1 atom stereocenters. The molecule has 254 valence electrons. The van der Waals surface area contributed by atoms with Crippen LogP contribution in [0, 0.1) is 11.3 Å². The summed E-state index contributed by atoms with van der Waals surface area (Å²) in [6.07, 6.45) is 13.4. The number of amides is 2. The van der Waals surface area contributed by atoms with Crippen LogP contribution in [0.2, 0.25) is 5.02 Å². The second-order valence-corrected chi connectivity index (χ2v) is 13.7. The molecule has 11 heteroatoms. The number of rotatable bonds is 12. The molecule has 6 rings (SSSR count). The molecule has 1 aliphatic heterocycles. The Balaban J connectivity index is 1.20. The number of fused-ring (bicyclic) bond motifs is 1. The van der Waals surface area contributed by atoms with Crippen LogP contribution in [0.15, 0.2) is 70.4 Å². The molecular weight excluding hydrogens is 630 g/mol. The molecule has 2 aromatic carbocycles. The SMILES string of the molecule is CCCCOc1ccc2oc(C(=O)N[C@H](Cc3ccc(Cl)cc3)C(=O)N3CCC(Cn4cncn4)(C4CCCCC4)CC3)cc(=O)c2c1. The number of hydrogen-bond acceptors (Lipinski definition) is 7.